The number of imidazole rings is 1. The number of anilines is 1. The molecule has 0 fully saturated rings. The molecule has 5 nitrogen and oxygen atoms in total. The van der Waals surface area contributed by atoms with Crippen LogP contribution in [0.2, 0.25) is 5.02 Å². The molecule has 0 saturated heterocycles. The van der Waals surface area contributed by atoms with Crippen molar-refractivity contribution in [2.24, 2.45) is 0 Å². The van der Waals surface area contributed by atoms with Crippen LogP contribution >= 0.6 is 11.6 Å². The predicted molar refractivity (Wildman–Crippen MR) is 98.4 cm³/mol. The Morgan fingerprint density at radius 3 is 2.64 bits per heavy atom. The van der Waals surface area contributed by atoms with Crippen molar-refractivity contribution in [1.29, 1.82) is 0 Å². The normalized spacial score (nSPS) is 13.4. The van der Waals surface area contributed by atoms with Crippen molar-refractivity contribution in [3.05, 3.63) is 70.9 Å². The van der Waals surface area contributed by atoms with E-state index in [4.69, 9.17) is 11.6 Å². The van der Waals surface area contributed by atoms with Crippen LogP contribution in [0.15, 0.2) is 42.7 Å². The van der Waals surface area contributed by atoms with Gasteiger partial charge in [-0.25, -0.2) is 22.9 Å². The summed E-state index contributed by atoms with van der Waals surface area (Å²) >= 11 is 5.74. The SMILES string of the molecule is O=C(Nc1ccc(F)c(Cl)c1)N1CCn2cnc(-c3ccc(F)cc3F)c2C1. The van der Waals surface area contributed by atoms with E-state index >= 15 is 0 Å². The molecule has 0 unspecified atom stereocenters. The molecule has 4 rings (SSSR count). The van der Waals surface area contributed by atoms with Crippen molar-refractivity contribution >= 4 is 23.3 Å². The van der Waals surface area contributed by atoms with E-state index in [2.05, 4.69) is 10.3 Å². The number of nitrogens with one attached hydrogen (secondary N) is 1. The van der Waals surface area contributed by atoms with Gasteiger partial charge in [-0.2, -0.15) is 0 Å². The molecular weight excluding hydrogens is 393 g/mol. The van der Waals surface area contributed by atoms with Crippen LogP contribution in [0.25, 0.3) is 11.3 Å². The lowest BCUT2D eigenvalue weighted by atomic mass is 10.1. The Bertz CT molecular complexity index is 1070. The number of nitrogens with zero attached hydrogens (tertiary/aromatic N) is 3. The molecule has 2 amide bonds. The number of halogens is 4. The van der Waals surface area contributed by atoms with Crippen LogP contribution in [-0.4, -0.2) is 27.0 Å². The van der Waals surface area contributed by atoms with E-state index in [1.54, 1.807) is 6.33 Å². The van der Waals surface area contributed by atoms with Gasteiger partial charge in [0, 0.05) is 30.4 Å². The van der Waals surface area contributed by atoms with E-state index in [0.29, 0.717) is 30.2 Å². The second-order valence-electron chi connectivity index (χ2n) is 6.34. The number of benzene rings is 2. The van der Waals surface area contributed by atoms with Crippen molar-refractivity contribution in [3.63, 3.8) is 0 Å². The van der Waals surface area contributed by atoms with Gasteiger partial charge in [0.05, 0.1) is 29.3 Å². The zero-order valence-electron chi connectivity index (χ0n) is 14.4. The molecule has 28 heavy (non-hydrogen) atoms. The quantitative estimate of drug-likeness (QED) is 0.672. The number of rotatable bonds is 2. The summed E-state index contributed by atoms with van der Waals surface area (Å²) in [6.45, 7) is 1.07. The highest BCUT2D eigenvalue weighted by molar-refractivity contribution is 6.31. The first-order valence-electron chi connectivity index (χ1n) is 8.43. The molecule has 0 aliphatic carbocycles. The van der Waals surface area contributed by atoms with Crippen molar-refractivity contribution < 1.29 is 18.0 Å². The molecular formula is C19H14ClF3N4O. The monoisotopic (exact) mass is 406 g/mol. The average Bonchev–Trinajstić information content (AvgIpc) is 3.08. The van der Waals surface area contributed by atoms with E-state index < -0.39 is 23.5 Å². The molecule has 1 aromatic heterocycles. The Morgan fingerprint density at radius 2 is 1.89 bits per heavy atom. The second-order valence-corrected chi connectivity index (χ2v) is 6.75. The molecule has 1 aliphatic heterocycles. The second kappa shape index (κ2) is 7.20. The van der Waals surface area contributed by atoms with Gasteiger partial charge in [-0.1, -0.05) is 11.6 Å². The van der Waals surface area contributed by atoms with Crippen LogP contribution in [-0.2, 0) is 13.1 Å². The Kier molecular flexibility index (Phi) is 4.72. The maximum absolute atomic E-state index is 14.2. The van der Waals surface area contributed by atoms with Gasteiger partial charge in [0.15, 0.2) is 0 Å². The average molecular weight is 407 g/mol. The maximum Gasteiger partial charge on any atom is 0.322 e. The summed E-state index contributed by atoms with van der Waals surface area (Å²) < 4.78 is 42.5. The smallest absolute Gasteiger partial charge is 0.322 e. The highest BCUT2D eigenvalue weighted by atomic mass is 35.5. The van der Waals surface area contributed by atoms with Crippen molar-refractivity contribution in [2.45, 2.75) is 13.1 Å². The molecule has 2 heterocycles. The molecule has 0 saturated carbocycles. The van der Waals surface area contributed by atoms with Gasteiger partial charge in [0.2, 0.25) is 0 Å². The van der Waals surface area contributed by atoms with Gasteiger partial charge >= 0.3 is 6.03 Å². The lowest BCUT2D eigenvalue weighted by molar-refractivity contribution is 0.197. The van der Waals surface area contributed by atoms with Crippen LogP contribution in [0.3, 0.4) is 0 Å². The van der Waals surface area contributed by atoms with Gasteiger partial charge < -0.3 is 14.8 Å². The predicted octanol–water partition coefficient (Wildman–Crippen LogP) is 4.67. The molecule has 144 valence electrons. The fraction of sp³-hybridized carbons (Fsp3) is 0.158. The summed E-state index contributed by atoms with van der Waals surface area (Å²) in [5.74, 6) is -1.97. The largest absolute Gasteiger partial charge is 0.331 e. The van der Waals surface area contributed by atoms with Gasteiger partial charge in [-0.15, -0.1) is 0 Å². The first-order chi connectivity index (χ1) is 13.4. The molecule has 9 heteroatoms. The van der Waals surface area contributed by atoms with Crippen molar-refractivity contribution in [2.75, 3.05) is 11.9 Å². The number of amides is 2. The molecule has 0 bridgehead atoms. The van der Waals surface area contributed by atoms with Gasteiger partial charge in [-0.3, -0.25) is 0 Å². The van der Waals surface area contributed by atoms with E-state index in [1.165, 1.54) is 29.2 Å². The summed E-state index contributed by atoms with van der Waals surface area (Å²) in [7, 11) is 0. The highest BCUT2D eigenvalue weighted by Gasteiger charge is 2.25. The Labute approximate surface area is 163 Å². The highest BCUT2D eigenvalue weighted by Crippen LogP contribution is 2.29. The van der Waals surface area contributed by atoms with Gasteiger partial charge in [-0.05, 0) is 30.3 Å². The van der Waals surface area contributed by atoms with Crippen LogP contribution in [0, 0.1) is 17.5 Å². The van der Waals surface area contributed by atoms with E-state index in [1.807, 2.05) is 4.57 Å². The Balaban J connectivity index is 1.56. The molecule has 1 aliphatic rings. The summed E-state index contributed by atoms with van der Waals surface area (Å²) in [6.07, 6.45) is 1.57. The maximum atomic E-state index is 14.2. The van der Waals surface area contributed by atoms with Crippen LogP contribution in [0.1, 0.15) is 5.69 Å². The Hall–Kier alpha value is -3.00. The molecule has 1 N–H and O–H groups in total. The third-order valence-electron chi connectivity index (χ3n) is 4.54. The minimum Gasteiger partial charge on any atom is -0.331 e. The van der Waals surface area contributed by atoms with E-state index in [9.17, 15) is 18.0 Å². The van der Waals surface area contributed by atoms with Gasteiger partial charge in [0.1, 0.15) is 17.5 Å². The number of urea groups is 1. The number of carbonyl (C=O) groups excluding carboxylic acids is 1. The molecule has 3 aromatic rings. The first kappa shape index (κ1) is 18.4. The minimum atomic E-state index is -0.718. The molecule has 0 radical (unpaired) electrons. The summed E-state index contributed by atoms with van der Waals surface area (Å²) in [5.41, 5.74) is 1.53. The summed E-state index contributed by atoms with van der Waals surface area (Å²) in [6, 6.07) is 6.78. The molecule has 0 spiro atoms. The number of hydrogen-bond acceptors (Lipinski definition) is 2. The van der Waals surface area contributed by atoms with Crippen molar-refractivity contribution in [1.82, 2.24) is 14.5 Å². The number of aromatic nitrogens is 2. The van der Waals surface area contributed by atoms with Crippen LogP contribution in [0.4, 0.5) is 23.7 Å². The van der Waals surface area contributed by atoms with Crippen LogP contribution < -0.4 is 5.32 Å². The summed E-state index contributed by atoms with van der Waals surface area (Å²) in [4.78, 5) is 18.3. The van der Waals surface area contributed by atoms with Crippen LogP contribution in [0.5, 0.6) is 0 Å². The molecule has 2 aromatic carbocycles. The first-order valence-corrected chi connectivity index (χ1v) is 8.80. The number of fused-ring (bicyclic) bond motifs is 1. The Morgan fingerprint density at radius 1 is 1.07 bits per heavy atom. The zero-order chi connectivity index (χ0) is 19.8. The fourth-order valence-corrected chi connectivity index (χ4v) is 3.29. The topological polar surface area (TPSA) is 50.2 Å². The van der Waals surface area contributed by atoms with Gasteiger partial charge in [0.25, 0.3) is 0 Å². The summed E-state index contributed by atoms with van der Waals surface area (Å²) in [5, 5.41) is 2.57. The third kappa shape index (κ3) is 3.43. The van der Waals surface area contributed by atoms with Crippen molar-refractivity contribution in [3.8, 4) is 11.3 Å². The lowest BCUT2D eigenvalue weighted by Crippen LogP contribution is -2.40. The van der Waals surface area contributed by atoms with E-state index in [-0.39, 0.29) is 17.1 Å². The number of hydrogen-bond donors (Lipinski definition) is 1. The van der Waals surface area contributed by atoms with E-state index in [0.717, 1.165) is 12.1 Å². The molecule has 0 atom stereocenters. The zero-order valence-corrected chi connectivity index (χ0v) is 15.2. The number of carbonyl (C=O) groups is 1. The fourth-order valence-electron chi connectivity index (χ4n) is 3.11. The minimum absolute atomic E-state index is 0.0939. The lowest BCUT2D eigenvalue weighted by Gasteiger charge is -2.29. The standard InChI is InChI=1S/C19H14ClF3N4O/c20-14-8-12(2-4-15(14)22)25-19(28)26-5-6-27-10-24-18(17(27)9-26)13-3-1-11(21)7-16(13)23/h1-4,7-8,10H,5-6,9H2,(H,25,28). The third-order valence-corrected chi connectivity index (χ3v) is 4.83.